The van der Waals surface area contributed by atoms with E-state index >= 15 is 0 Å². The van der Waals surface area contributed by atoms with Gasteiger partial charge in [0.2, 0.25) is 5.91 Å². The lowest BCUT2D eigenvalue weighted by Crippen LogP contribution is -2.51. The minimum absolute atomic E-state index is 0.243. The van der Waals surface area contributed by atoms with Crippen LogP contribution in [0.1, 0.15) is 24.0 Å². The lowest BCUT2D eigenvalue weighted by atomic mass is 10.1. The fourth-order valence-corrected chi connectivity index (χ4v) is 3.08. The first-order valence-corrected chi connectivity index (χ1v) is 6.88. The van der Waals surface area contributed by atoms with E-state index in [1.165, 1.54) is 12.1 Å². The van der Waals surface area contributed by atoms with E-state index in [4.69, 9.17) is 5.26 Å². The van der Waals surface area contributed by atoms with Crippen molar-refractivity contribution in [2.24, 2.45) is 0 Å². The van der Waals surface area contributed by atoms with Crippen molar-refractivity contribution in [1.82, 2.24) is 9.80 Å². The molecule has 1 amide bonds. The van der Waals surface area contributed by atoms with Gasteiger partial charge in [0.05, 0.1) is 11.6 Å². The third-order valence-electron chi connectivity index (χ3n) is 4.15. The zero-order valence-corrected chi connectivity index (χ0v) is 11.2. The Balaban J connectivity index is 1.70. The molecule has 0 radical (unpaired) electrons. The molecule has 5 heteroatoms. The molecule has 0 saturated carbocycles. The van der Waals surface area contributed by atoms with Gasteiger partial charge in [-0.2, -0.15) is 5.26 Å². The highest BCUT2D eigenvalue weighted by Crippen LogP contribution is 2.24. The molecule has 4 nitrogen and oxygen atoms in total. The number of piperazine rings is 1. The molecule has 0 N–H and O–H groups in total. The molecule has 2 heterocycles. The minimum atomic E-state index is -0.270. The molecule has 20 heavy (non-hydrogen) atoms. The van der Waals surface area contributed by atoms with Gasteiger partial charge in [-0.15, -0.1) is 0 Å². The van der Waals surface area contributed by atoms with E-state index in [1.807, 2.05) is 11.0 Å². The van der Waals surface area contributed by atoms with Crippen molar-refractivity contribution in [2.45, 2.75) is 25.4 Å². The minimum Gasteiger partial charge on any atom is -0.337 e. The van der Waals surface area contributed by atoms with Crippen molar-refractivity contribution in [3.8, 4) is 6.07 Å². The van der Waals surface area contributed by atoms with E-state index in [1.54, 1.807) is 6.07 Å². The Morgan fingerprint density at radius 3 is 3.05 bits per heavy atom. The summed E-state index contributed by atoms with van der Waals surface area (Å²) >= 11 is 0. The van der Waals surface area contributed by atoms with Crippen molar-refractivity contribution in [3.63, 3.8) is 0 Å². The summed E-state index contributed by atoms with van der Waals surface area (Å²) in [7, 11) is 0. The van der Waals surface area contributed by atoms with Crippen LogP contribution in [0.3, 0.4) is 0 Å². The summed E-state index contributed by atoms with van der Waals surface area (Å²) in [5, 5.41) is 8.88. The summed E-state index contributed by atoms with van der Waals surface area (Å²) in [5.41, 5.74) is 1.04. The number of benzene rings is 1. The van der Waals surface area contributed by atoms with E-state index in [2.05, 4.69) is 4.90 Å². The first kappa shape index (κ1) is 13.1. The summed E-state index contributed by atoms with van der Waals surface area (Å²) in [5.74, 6) is -0.0266. The van der Waals surface area contributed by atoms with Crippen LogP contribution in [0.5, 0.6) is 0 Å². The van der Waals surface area contributed by atoms with Gasteiger partial charge in [0.25, 0.3) is 0 Å². The van der Waals surface area contributed by atoms with Crippen molar-refractivity contribution in [3.05, 3.63) is 35.1 Å². The normalized spacial score (nSPS) is 22.7. The lowest BCUT2D eigenvalue weighted by molar-refractivity contribution is -0.130. The van der Waals surface area contributed by atoms with Crippen molar-refractivity contribution >= 4 is 5.91 Å². The molecule has 2 fully saturated rings. The van der Waals surface area contributed by atoms with E-state index in [0.717, 1.165) is 26.1 Å². The number of hydrogen-bond acceptors (Lipinski definition) is 3. The van der Waals surface area contributed by atoms with E-state index in [0.29, 0.717) is 24.1 Å². The molecule has 2 aliphatic rings. The average molecular weight is 273 g/mol. The van der Waals surface area contributed by atoms with E-state index in [9.17, 15) is 9.18 Å². The number of nitriles is 1. The summed E-state index contributed by atoms with van der Waals surface area (Å²) < 4.78 is 13.8. The van der Waals surface area contributed by atoms with Crippen LogP contribution >= 0.6 is 0 Å². The summed E-state index contributed by atoms with van der Waals surface area (Å²) in [6, 6.07) is 6.77. The maximum absolute atomic E-state index is 13.8. The van der Waals surface area contributed by atoms with Gasteiger partial charge in [-0.05, 0) is 24.6 Å². The van der Waals surface area contributed by atoms with Crippen LogP contribution in [0, 0.1) is 17.1 Å². The molecule has 2 saturated heterocycles. The molecule has 1 aromatic rings. The largest absolute Gasteiger partial charge is 0.337 e. The topological polar surface area (TPSA) is 47.3 Å². The van der Waals surface area contributed by atoms with Gasteiger partial charge in [-0.3, -0.25) is 9.69 Å². The molecule has 1 atom stereocenters. The molecular formula is C15H16FN3O. The SMILES string of the molecule is N#Cc1ccc(F)c(CN2CCN3C(=O)CCC3C2)c1. The fraction of sp³-hybridized carbons (Fsp3) is 0.467. The van der Waals surface area contributed by atoms with Crippen LogP contribution in [-0.4, -0.2) is 41.4 Å². The number of carbonyl (C=O) groups excluding carboxylic acids is 1. The van der Waals surface area contributed by atoms with E-state index in [-0.39, 0.29) is 17.8 Å². The number of amides is 1. The molecular weight excluding hydrogens is 257 g/mol. The molecule has 0 bridgehead atoms. The highest BCUT2D eigenvalue weighted by molar-refractivity contribution is 5.78. The quantitative estimate of drug-likeness (QED) is 0.820. The number of halogens is 1. The van der Waals surface area contributed by atoms with Crippen LogP contribution in [0.15, 0.2) is 18.2 Å². The zero-order valence-electron chi connectivity index (χ0n) is 11.2. The van der Waals surface area contributed by atoms with Gasteiger partial charge in [0, 0.05) is 44.2 Å². The third kappa shape index (κ3) is 2.39. The molecule has 3 rings (SSSR count). The summed E-state index contributed by atoms with van der Waals surface area (Å²) in [6.07, 6.45) is 1.53. The Morgan fingerprint density at radius 1 is 1.40 bits per heavy atom. The number of hydrogen-bond donors (Lipinski definition) is 0. The third-order valence-corrected chi connectivity index (χ3v) is 4.15. The molecule has 0 aliphatic carbocycles. The number of carbonyl (C=O) groups is 1. The Labute approximate surface area is 117 Å². The highest BCUT2D eigenvalue weighted by atomic mass is 19.1. The second-order valence-electron chi connectivity index (χ2n) is 5.43. The Morgan fingerprint density at radius 2 is 2.25 bits per heavy atom. The zero-order chi connectivity index (χ0) is 14.1. The molecule has 104 valence electrons. The molecule has 2 aliphatic heterocycles. The molecule has 0 spiro atoms. The number of nitrogens with zero attached hydrogens (tertiary/aromatic N) is 3. The monoisotopic (exact) mass is 273 g/mol. The van der Waals surface area contributed by atoms with Crippen LogP contribution in [-0.2, 0) is 11.3 Å². The predicted molar refractivity (Wildman–Crippen MR) is 71.1 cm³/mol. The van der Waals surface area contributed by atoms with Gasteiger partial charge < -0.3 is 4.90 Å². The van der Waals surface area contributed by atoms with Crippen LogP contribution in [0.2, 0.25) is 0 Å². The summed E-state index contributed by atoms with van der Waals surface area (Å²) in [4.78, 5) is 15.7. The van der Waals surface area contributed by atoms with Gasteiger partial charge in [-0.25, -0.2) is 4.39 Å². The maximum atomic E-state index is 13.8. The molecule has 1 unspecified atom stereocenters. The van der Waals surface area contributed by atoms with Gasteiger partial charge >= 0.3 is 0 Å². The van der Waals surface area contributed by atoms with Gasteiger partial charge in [0.15, 0.2) is 0 Å². The van der Waals surface area contributed by atoms with Crippen molar-refractivity contribution < 1.29 is 9.18 Å². The number of rotatable bonds is 2. The Bertz CT molecular complexity index is 581. The van der Waals surface area contributed by atoms with Crippen molar-refractivity contribution in [1.29, 1.82) is 5.26 Å². The van der Waals surface area contributed by atoms with Gasteiger partial charge in [-0.1, -0.05) is 0 Å². The second-order valence-corrected chi connectivity index (χ2v) is 5.43. The fourth-order valence-electron chi connectivity index (χ4n) is 3.08. The van der Waals surface area contributed by atoms with Crippen LogP contribution in [0.25, 0.3) is 0 Å². The van der Waals surface area contributed by atoms with E-state index < -0.39 is 0 Å². The van der Waals surface area contributed by atoms with Crippen molar-refractivity contribution in [2.75, 3.05) is 19.6 Å². The highest BCUT2D eigenvalue weighted by Gasteiger charge is 2.35. The first-order chi connectivity index (χ1) is 9.67. The second kappa shape index (κ2) is 5.22. The first-order valence-electron chi connectivity index (χ1n) is 6.88. The van der Waals surface area contributed by atoms with Gasteiger partial charge in [0.1, 0.15) is 5.82 Å². The molecule has 0 aromatic heterocycles. The van der Waals surface area contributed by atoms with Crippen LogP contribution in [0.4, 0.5) is 4.39 Å². The summed E-state index contributed by atoms with van der Waals surface area (Å²) in [6.45, 7) is 2.78. The lowest BCUT2D eigenvalue weighted by Gasteiger charge is -2.37. The van der Waals surface area contributed by atoms with Crippen LogP contribution < -0.4 is 0 Å². The smallest absolute Gasteiger partial charge is 0.222 e. The number of fused-ring (bicyclic) bond motifs is 1. The average Bonchev–Trinajstić information content (AvgIpc) is 2.82. The Kier molecular flexibility index (Phi) is 3.41. The predicted octanol–water partition coefficient (Wildman–Crippen LogP) is 1.50. The Hall–Kier alpha value is -1.93. The maximum Gasteiger partial charge on any atom is 0.222 e. The standard InChI is InChI=1S/C15H16FN3O/c16-14-3-1-11(8-17)7-12(14)9-18-5-6-19-13(10-18)2-4-15(19)20/h1,3,7,13H,2,4-6,9-10H2. The molecule has 1 aromatic carbocycles.